The van der Waals surface area contributed by atoms with Crippen molar-refractivity contribution in [2.45, 2.75) is 44.0 Å². The minimum Gasteiger partial charge on any atom is -0.399 e. The Kier molecular flexibility index (Phi) is 4.78. The van der Waals surface area contributed by atoms with Crippen LogP contribution in [0.3, 0.4) is 0 Å². The fourth-order valence-corrected chi connectivity index (χ4v) is 3.90. The van der Waals surface area contributed by atoms with E-state index in [1.54, 1.807) is 12.1 Å². The Morgan fingerprint density at radius 3 is 2.62 bits per heavy atom. The van der Waals surface area contributed by atoms with Gasteiger partial charge in [-0.15, -0.1) is 0 Å². The molecule has 1 aliphatic rings. The van der Waals surface area contributed by atoms with Gasteiger partial charge in [0.05, 0.1) is 5.69 Å². The number of nitrogens with two attached hydrogens (primary N) is 1. The van der Waals surface area contributed by atoms with E-state index < -0.39 is 10.0 Å². The standard InChI is InChI=1S/C15H25N3O2S/c1-10-5-4-6-13(11(10)2)18-14-8-7-12(16)9-15(14)21(19,20)17-3/h7-11,13,17-18H,4-6,16H2,1-3H3. The van der Waals surface area contributed by atoms with Crippen molar-refractivity contribution in [1.29, 1.82) is 0 Å². The van der Waals surface area contributed by atoms with E-state index >= 15 is 0 Å². The molecule has 0 radical (unpaired) electrons. The van der Waals surface area contributed by atoms with Crippen molar-refractivity contribution in [1.82, 2.24) is 4.72 Å². The SMILES string of the molecule is CNS(=O)(=O)c1cc(N)ccc1NC1CCCC(C)C1C. The summed E-state index contributed by atoms with van der Waals surface area (Å²) < 4.78 is 26.7. The summed E-state index contributed by atoms with van der Waals surface area (Å²) >= 11 is 0. The third-order valence-corrected chi connectivity index (χ3v) is 6.07. The average molecular weight is 311 g/mol. The molecule has 0 aliphatic heterocycles. The molecule has 21 heavy (non-hydrogen) atoms. The highest BCUT2D eigenvalue weighted by Crippen LogP contribution is 2.33. The number of hydrogen-bond acceptors (Lipinski definition) is 4. The van der Waals surface area contributed by atoms with Crippen LogP contribution in [-0.4, -0.2) is 21.5 Å². The number of hydrogen-bond donors (Lipinski definition) is 3. The van der Waals surface area contributed by atoms with Crippen LogP contribution in [0.1, 0.15) is 33.1 Å². The summed E-state index contributed by atoms with van der Waals surface area (Å²) in [6.07, 6.45) is 3.48. The van der Waals surface area contributed by atoms with Crippen LogP contribution in [0.5, 0.6) is 0 Å². The second kappa shape index (κ2) is 6.23. The molecule has 6 heteroatoms. The predicted octanol–water partition coefficient (Wildman–Crippen LogP) is 2.41. The lowest BCUT2D eigenvalue weighted by atomic mass is 9.78. The third kappa shape index (κ3) is 3.49. The van der Waals surface area contributed by atoms with Crippen molar-refractivity contribution < 1.29 is 8.42 Å². The van der Waals surface area contributed by atoms with Crippen molar-refractivity contribution >= 4 is 21.4 Å². The molecule has 4 N–H and O–H groups in total. The van der Waals surface area contributed by atoms with Crippen LogP contribution in [0.25, 0.3) is 0 Å². The smallest absolute Gasteiger partial charge is 0.242 e. The zero-order chi connectivity index (χ0) is 15.6. The second-order valence-electron chi connectivity index (χ2n) is 5.98. The molecule has 0 amide bonds. The van der Waals surface area contributed by atoms with Gasteiger partial charge in [0.25, 0.3) is 0 Å². The van der Waals surface area contributed by atoms with Gasteiger partial charge in [-0.1, -0.05) is 26.7 Å². The van der Waals surface area contributed by atoms with Gasteiger partial charge in [0, 0.05) is 11.7 Å². The summed E-state index contributed by atoms with van der Waals surface area (Å²) in [6, 6.07) is 5.29. The third-order valence-electron chi connectivity index (χ3n) is 4.61. The van der Waals surface area contributed by atoms with E-state index in [-0.39, 0.29) is 4.90 Å². The molecule has 1 aromatic rings. The lowest BCUT2D eigenvalue weighted by Gasteiger charge is -2.35. The predicted molar refractivity (Wildman–Crippen MR) is 86.7 cm³/mol. The van der Waals surface area contributed by atoms with Gasteiger partial charge in [-0.2, -0.15) is 0 Å². The van der Waals surface area contributed by atoms with Crippen molar-refractivity contribution in [3.05, 3.63) is 18.2 Å². The first-order valence-corrected chi connectivity index (χ1v) is 8.93. The second-order valence-corrected chi connectivity index (χ2v) is 7.84. The van der Waals surface area contributed by atoms with Crippen molar-refractivity contribution in [3.63, 3.8) is 0 Å². The van der Waals surface area contributed by atoms with Crippen LogP contribution < -0.4 is 15.8 Å². The zero-order valence-corrected chi connectivity index (χ0v) is 13.7. The van der Waals surface area contributed by atoms with Crippen LogP contribution >= 0.6 is 0 Å². The van der Waals surface area contributed by atoms with E-state index in [4.69, 9.17) is 5.73 Å². The van der Waals surface area contributed by atoms with E-state index in [0.717, 1.165) is 6.42 Å². The number of sulfonamides is 1. The molecule has 5 nitrogen and oxygen atoms in total. The number of benzene rings is 1. The molecule has 0 aromatic heterocycles. The highest BCUT2D eigenvalue weighted by atomic mass is 32.2. The van der Waals surface area contributed by atoms with Crippen molar-refractivity contribution in [2.24, 2.45) is 11.8 Å². The molecule has 1 fully saturated rings. The van der Waals surface area contributed by atoms with E-state index in [0.29, 0.717) is 29.3 Å². The highest BCUT2D eigenvalue weighted by Gasteiger charge is 2.28. The van der Waals surface area contributed by atoms with Gasteiger partial charge in [0.15, 0.2) is 0 Å². The van der Waals surface area contributed by atoms with Gasteiger partial charge < -0.3 is 11.1 Å². The van der Waals surface area contributed by atoms with Crippen molar-refractivity contribution in [3.8, 4) is 0 Å². The Bertz CT molecular complexity index is 601. The lowest BCUT2D eigenvalue weighted by molar-refractivity contribution is 0.253. The van der Waals surface area contributed by atoms with Gasteiger partial charge in [-0.3, -0.25) is 0 Å². The lowest BCUT2D eigenvalue weighted by Crippen LogP contribution is -2.35. The van der Waals surface area contributed by atoms with Gasteiger partial charge >= 0.3 is 0 Å². The minimum absolute atomic E-state index is 0.218. The quantitative estimate of drug-likeness (QED) is 0.746. The molecule has 1 aromatic carbocycles. The molecule has 1 aliphatic carbocycles. The highest BCUT2D eigenvalue weighted by molar-refractivity contribution is 7.89. The molecule has 0 spiro atoms. The average Bonchev–Trinajstić information content (AvgIpc) is 2.45. The maximum atomic E-state index is 12.2. The van der Waals surface area contributed by atoms with Crippen LogP contribution in [0, 0.1) is 11.8 Å². The maximum Gasteiger partial charge on any atom is 0.242 e. The first-order valence-electron chi connectivity index (χ1n) is 7.44. The first kappa shape index (κ1) is 16.1. The normalized spacial score (nSPS) is 26.5. The Morgan fingerprint density at radius 1 is 1.24 bits per heavy atom. The molecule has 3 atom stereocenters. The Hall–Kier alpha value is -1.27. The molecular formula is C15H25N3O2S. The summed E-state index contributed by atoms with van der Waals surface area (Å²) in [5, 5.41) is 3.42. The van der Waals surface area contributed by atoms with Gasteiger partial charge in [-0.25, -0.2) is 13.1 Å². The van der Waals surface area contributed by atoms with Gasteiger partial charge in [0.2, 0.25) is 10.0 Å². The maximum absolute atomic E-state index is 12.2. The number of anilines is 2. The number of nitrogen functional groups attached to an aromatic ring is 1. The van der Waals surface area contributed by atoms with Crippen molar-refractivity contribution in [2.75, 3.05) is 18.1 Å². The fourth-order valence-electron chi connectivity index (χ4n) is 2.98. The van der Waals surface area contributed by atoms with Crippen LogP contribution in [0.15, 0.2) is 23.1 Å². The molecular weight excluding hydrogens is 286 g/mol. The topological polar surface area (TPSA) is 84.2 Å². The molecule has 2 rings (SSSR count). The van der Waals surface area contributed by atoms with Gasteiger partial charge in [0.1, 0.15) is 4.90 Å². The first-order chi connectivity index (χ1) is 9.85. The van der Waals surface area contributed by atoms with Crippen LogP contribution in [0.4, 0.5) is 11.4 Å². The van der Waals surface area contributed by atoms with Gasteiger partial charge in [-0.05, 0) is 43.5 Å². The number of nitrogens with one attached hydrogen (secondary N) is 2. The van der Waals surface area contributed by atoms with E-state index in [9.17, 15) is 8.42 Å². The Morgan fingerprint density at radius 2 is 1.95 bits per heavy atom. The van der Waals surface area contributed by atoms with E-state index in [1.165, 1.54) is 26.0 Å². The number of rotatable bonds is 4. The summed E-state index contributed by atoms with van der Waals surface area (Å²) in [5.74, 6) is 1.16. The van der Waals surface area contributed by atoms with Crippen LogP contribution in [-0.2, 0) is 10.0 Å². The molecule has 0 saturated heterocycles. The van der Waals surface area contributed by atoms with Crippen LogP contribution in [0.2, 0.25) is 0 Å². The summed E-state index contributed by atoms with van der Waals surface area (Å²) in [7, 11) is -2.12. The minimum atomic E-state index is -3.53. The van der Waals surface area contributed by atoms with E-state index in [2.05, 4.69) is 23.9 Å². The molecule has 0 bridgehead atoms. The Labute approximate surface area is 127 Å². The largest absolute Gasteiger partial charge is 0.399 e. The fraction of sp³-hybridized carbons (Fsp3) is 0.600. The summed E-state index contributed by atoms with van der Waals surface area (Å²) in [6.45, 7) is 4.48. The summed E-state index contributed by atoms with van der Waals surface area (Å²) in [5.41, 5.74) is 6.81. The molecule has 1 saturated carbocycles. The molecule has 0 heterocycles. The van der Waals surface area contributed by atoms with E-state index in [1.807, 2.05) is 0 Å². The Balaban J connectivity index is 2.32. The summed E-state index contributed by atoms with van der Waals surface area (Å²) in [4.78, 5) is 0.218. The zero-order valence-electron chi connectivity index (χ0n) is 12.9. The molecule has 118 valence electrons. The molecule has 3 unspecified atom stereocenters. The monoisotopic (exact) mass is 311 g/mol.